The highest BCUT2D eigenvalue weighted by atomic mass is 16.5. The van der Waals surface area contributed by atoms with Gasteiger partial charge < -0.3 is 10.1 Å². The van der Waals surface area contributed by atoms with Crippen molar-refractivity contribution in [2.75, 3.05) is 13.7 Å². The first-order valence-electron chi connectivity index (χ1n) is 9.89. The summed E-state index contributed by atoms with van der Waals surface area (Å²) in [6.45, 7) is 5.58. The van der Waals surface area contributed by atoms with Gasteiger partial charge in [0.1, 0.15) is 17.6 Å². The molecule has 0 spiro atoms. The summed E-state index contributed by atoms with van der Waals surface area (Å²) in [7, 11) is 1.64. The summed E-state index contributed by atoms with van der Waals surface area (Å²) in [5.74, 6) is 1.18. The van der Waals surface area contributed by atoms with E-state index in [9.17, 15) is 4.79 Å². The summed E-state index contributed by atoms with van der Waals surface area (Å²) in [5, 5.41) is 11.2. The van der Waals surface area contributed by atoms with Crippen molar-refractivity contribution >= 4 is 5.91 Å². The van der Waals surface area contributed by atoms with Crippen LogP contribution in [0.5, 0.6) is 5.75 Å². The van der Waals surface area contributed by atoms with Crippen molar-refractivity contribution in [2.24, 2.45) is 0 Å². The molecule has 1 atom stereocenters. The Morgan fingerprint density at radius 1 is 1.21 bits per heavy atom. The van der Waals surface area contributed by atoms with Gasteiger partial charge in [-0.15, -0.1) is 0 Å². The second kappa shape index (κ2) is 8.09. The van der Waals surface area contributed by atoms with Crippen LogP contribution >= 0.6 is 0 Å². The molecule has 0 fully saturated rings. The second-order valence-corrected chi connectivity index (χ2v) is 7.59. The minimum Gasteiger partial charge on any atom is -0.497 e. The number of benzene rings is 2. The van der Waals surface area contributed by atoms with Gasteiger partial charge in [0.15, 0.2) is 0 Å². The summed E-state index contributed by atoms with van der Waals surface area (Å²) in [4.78, 5) is 12.3. The van der Waals surface area contributed by atoms with Gasteiger partial charge in [-0.2, -0.15) is 5.10 Å². The largest absolute Gasteiger partial charge is 0.497 e. The lowest BCUT2D eigenvalue weighted by Crippen LogP contribution is -2.45. The maximum Gasteiger partial charge on any atom is 0.269 e. The van der Waals surface area contributed by atoms with Crippen molar-refractivity contribution in [3.05, 3.63) is 71.4 Å². The number of carbonyl (C=O) groups excluding carboxylic acids is 1. The third-order valence-electron chi connectivity index (χ3n) is 5.27. The van der Waals surface area contributed by atoms with Gasteiger partial charge in [-0.3, -0.25) is 10.1 Å². The number of hydrogen-bond donors (Lipinski definition) is 2. The number of nitrogens with zero attached hydrogens (tertiary/aromatic N) is 2. The molecule has 4 rings (SSSR count). The number of hydrogen-bond acceptors (Lipinski definition) is 4. The van der Waals surface area contributed by atoms with Crippen LogP contribution in [0.4, 0.5) is 0 Å². The Balaban J connectivity index is 1.54. The van der Waals surface area contributed by atoms with Gasteiger partial charge in [0.25, 0.3) is 5.91 Å². The molecule has 2 N–H and O–H groups in total. The van der Waals surface area contributed by atoms with E-state index < -0.39 is 0 Å². The van der Waals surface area contributed by atoms with Gasteiger partial charge in [-0.25, -0.2) is 4.68 Å². The quantitative estimate of drug-likeness (QED) is 0.673. The molecule has 0 bridgehead atoms. The number of nitrogens with one attached hydrogen (secondary N) is 2. The lowest BCUT2D eigenvalue weighted by Gasteiger charge is -2.26. The zero-order valence-electron chi connectivity index (χ0n) is 17.0. The molecular weight excluding hydrogens is 364 g/mol. The number of methoxy groups -OCH3 is 1. The van der Waals surface area contributed by atoms with E-state index in [4.69, 9.17) is 9.84 Å². The van der Waals surface area contributed by atoms with Gasteiger partial charge >= 0.3 is 0 Å². The molecule has 6 nitrogen and oxygen atoms in total. The normalized spacial score (nSPS) is 15.9. The molecule has 1 aliphatic heterocycles. The highest BCUT2D eigenvalue weighted by Crippen LogP contribution is 2.26. The van der Waals surface area contributed by atoms with Crippen LogP contribution < -0.4 is 15.4 Å². The molecular formula is C23H26N4O2. The molecule has 2 heterocycles. The third-order valence-corrected chi connectivity index (χ3v) is 5.27. The van der Waals surface area contributed by atoms with Crippen LogP contribution in [0.1, 0.15) is 47.5 Å². The minimum absolute atomic E-state index is 0.105. The fraction of sp³-hybridized carbons (Fsp3) is 0.304. The maximum absolute atomic E-state index is 12.3. The third kappa shape index (κ3) is 4.03. The molecule has 1 amide bonds. The summed E-state index contributed by atoms with van der Waals surface area (Å²) in [6, 6.07) is 18.2. The van der Waals surface area contributed by atoms with Crippen molar-refractivity contribution < 1.29 is 9.53 Å². The van der Waals surface area contributed by atoms with Crippen LogP contribution in [-0.2, 0) is 6.54 Å². The van der Waals surface area contributed by atoms with Crippen LogP contribution in [-0.4, -0.2) is 29.3 Å². The number of ether oxygens (including phenoxy) is 1. The number of carbonyl (C=O) groups is 1. The van der Waals surface area contributed by atoms with Crippen LogP contribution in [0.15, 0.2) is 54.6 Å². The SMILES string of the molecule is COc1cccc(-c2cc3n(n2)C(NCc2ccc(C(C)C)cc2)CNC3=O)c1. The molecule has 0 saturated heterocycles. The zero-order valence-corrected chi connectivity index (χ0v) is 17.0. The zero-order chi connectivity index (χ0) is 20.4. The first-order chi connectivity index (χ1) is 14.0. The van der Waals surface area contributed by atoms with Crippen molar-refractivity contribution in [1.29, 1.82) is 0 Å². The van der Waals surface area contributed by atoms with E-state index in [1.165, 1.54) is 11.1 Å². The van der Waals surface area contributed by atoms with E-state index in [2.05, 4.69) is 48.7 Å². The van der Waals surface area contributed by atoms with Crippen molar-refractivity contribution in [3.8, 4) is 17.0 Å². The van der Waals surface area contributed by atoms with Crippen LogP contribution in [0.25, 0.3) is 11.3 Å². The summed E-state index contributed by atoms with van der Waals surface area (Å²) in [6.07, 6.45) is -0.105. The first-order valence-corrected chi connectivity index (χ1v) is 9.89. The van der Waals surface area contributed by atoms with E-state index in [0.717, 1.165) is 17.0 Å². The number of fused-ring (bicyclic) bond motifs is 1. The molecule has 1 aliphatic rings. The number of amides is 1. The summed E-state index contributed by atoms with van der Waals surface area (Å²) < 4.78 is 7.09. The molecule has 0 saturated carbocycles. The van der Waals surface area contributed by atoms with Crippen molar-refractivity contribution in [3.63, 3.8) is 0 Å². The Morgan fingerprint density at radius 2 is 2.00 bits per heavy atom. The Kier molecular flexibility index (Phi) is 5.36. The first kappa shape index (κ1) is 19.2. The monoisotopic (exact) mass is 390 g/mol. The number of aromatic nitrogens is 2. The van der Waals surface area contributed by atoms with E-state index >= 15 is 0 Å². The predicted molar refractivity (Wildman–Crippen MR) is 113 cm³/mol. The van der Waals surface area contributed by atoms with E-state index in [-0.39, 0.29) is 12.1 Å². The molecule has 1 aromatic heterocycles. The molecule has 2 aromatic carbocycles. The number of rotatable bonds is 6. The lowest BCUT2D eigenvalue weighted by atomic mass is 10.0. The van der Waals surface area contributed by atoms with Crippen molar-refractivity contribution in [2.45, 2.75) is 32.5 Å². The van der Waals surface area contributed by atoms with Gasteiger partial charge in [0.05, 0.1) is 19.3 Å². The van der Waals surface area contributed by atoms with E-state index in [1.807, 2.05) is 30.3 Å². The minimum atomic E-state index is -0.106. The Bertz CT molecular complexity index is 1010. The molecule has 0 aliphatic carbocycles. The van der Waals surface area contributed by atoms with Crippen LogP contribution in [0.3, 0.4) is 0 Å². The van der Waals surface area contributed by atoms with Gasteiger partial charge in [-0.05, 0) is 35.2 Å². The lowest BCUT2D eigenvalue weighted by molar-refractivity contribution is 0.0900. The summed E-state index contributed by atoms with van der Waals surface area (Å²) in [5.41, 5.74) is 4.76. The molecule has 29 heavy (non-hydrogen) atoms. The van der Waals surface area contributed by atoms with E-state index in [0.29, 0.717) is 24.7 Å². The fourth-order valence-corrected chi connectivity index (χ4v) is 3.51. The van der Waals surface area contributed by atoms with Crippen LogP contribution in [0, 0.1) is 0 Å². The van der Waals surface area contributed by atoms with Gasteiger partial charge in [-0.1, -0.05) is 50.2 Å². The second-order valence-electron chi connectivity index (χ2n) is 7.59. The predicted octanol–water partition coefficient (Wildman–Crippen LogP) is 3.71. The smallest absolute Gasteiger partial charge is 0.269 e. The molecule has 1 unspecified atom stereocenters. The van der Waals surface area contributed by atoms with Crippen molar-refractivity contribution in [1.82, 2.24) is 20.4 Å². The molecule has 0 radical (unpaired) electrons. The fourth-order valence-electron chi connectivity index (χ4n) is 3.51. The topological polar surface area (TPSA) is 68.2 Å². The molecule has 3 aromatic rings. The Hall–Kier alpha value is -3.12. The Labute approximate surface area is 170 Å². The maximum atomic E-state index is 12.3. The van der Waals surface area contributed by atoms with Gasteiger partial charge in [0.2, 0.25) is 0 Å². The average molecular weight is 390 g/mol. The molecule has 6 heteroatoms. The highest BCUT2D eigenvalue weighted by molar-refractivity contribution is 5.94. The standard InChI is InChI=1S/C23H26N4O2/c1-15(2)17-9-7-16(8-10-17)13-24-22-14-25-23(28)21-12-20(26-27(21)22)18-5-4-6-19(11-18)29-3/h4-12,15,22,24H,13-14H2,1-3H3,(H,25,28). The Morgan fingerprint density at radius 3 is 2.72 bits per heavy atom. The van der Waals surface area contributed by atoms with E-state index in [1.54, 1.807) is 11.8 Å². The van der Waals surface area contributed by atoms with Gasteiger partial charge in [0, 0.05) is 12.1 Å². The van der Waals surface area contributed by atoms with Crippen LogP contribution in [0.2, 0.25) is 0 Å². The summed E-state index contributed by atoms with van der Waals surface area (Å²) >= 11 is 0. The highest BCUT2D eigenvalue weighted by Gasteiger charge is 2.27. The average Bonchev–Trinajstić information content (AvgIpc) is 3.20. The molecule has 150 valence electrons.